The van der Waals surface area contributed by atoms with E-state index in [1.807, 2.05) is 0 Å². The zero-order valence-corrected chi connectivity index (χ0v) is 7.51. The summed E-state index contributed by atoms with van der Waals surface area (Å²) in [6.45, 7) is 0. The second-order valence-corrected chi connectivity index (χ2v) is 2.82. The Labute approximate surface area is 80.4 Å². The van der Waals surface area contributed by atoms with Crippen molar-refractivity contribution >= 4 is 12.0 Å². The van der Waals surface area contributed by atoms with Crippen molar-refractivity contribution < 1.29 is 14.7 Å². The number of aromatic nitrogens is 2. The Bertz CT molecular complexity index is 345. The molecule has 14 heavy (non-hydrogen) atoms. The van der Waals surface area contributed by atoms with Gasteiger partial charge in [0.25, 0.3) is 0 Å². The second kappa shape index (κ2) is 4.40. The minimum absolute atomic E-state index is 0.243. The number of aryl methyl sites for hydroxylation is 1. The number of carbonyl (C=O) groups excluding carboxylic acids is 1. The van der Waals surface area contributed by atoms with Crippen molar-refractivity contribution in [2.45, 2.75) is 19.3 Å². The summed E-state index contributed by atoms with van der Waals surface area (Å²) in [6, 6.07) is 0. The molecule has 6 nitrogen and oxygen atoms in total. The number of rotatable bonds is 4. The van der Waals surface area contributed by atoms with Crippen molar-refractivity contribution in [3.63, 3.8) is 0 Å². The molecule has 0 unspecified atom stereocenters. The van der Waals surface area contributed by atoms with Gasteiger partial charge in [-0.1, -0.05) is 0 Å². The Hall–Kier alpha value is -1.85. The van der Waals surface area contributed by atoms with Crippen LogP contribution in [0.5, 0.6) is 0 Å². The largest absolute Gasteiger partial charge is 0.464 e. The van der Waals surface area contributed by atoms with Crippen LogP contribution in [0.25, 0.3) is 0 Å². The van der Waals surface area contributed by atoms with E-state index < -0.39 is 12.0 Å². The van der Waals surface area contributed by atoms with Gasteiger partial charge in [0.2, 0.25) is 5.91 Å². The number of primary amides is 1. The maximum Gasteiger partial charge on any atom is 0.416 e. The summed E-state index contributed by atoms with van der Waals surface area (Å²) in [7, 11) is 0. The summed E-state index contributed by atoms with van der Waals surface area (Å²) < 4.78 is 1.03. The molecule has 0 aromatic carbocycles. The summed E-state index contributed by atoms with van der Waals surface area (Å²) in [4.78, 5) is 24.9. The Morgan fingerprint density at radius 3 is 2.86 bits per heavy atom. The van der Waals surface area contributed by atoms with Crippen LogP contribution in [0.4, 0.5) is 4.79 Å². The maximum atomic E-state index is 10.6. The number of imidazole rings is 1. The number of nitrogens with zero attached hydrogens (tertiary/aromatic N) is 2. The van der Waals surface area contributed by atoms with Crippen molar-refractivity contribution in [1.82, 2.24) is 9.55 Å². The number of hydrogen-bond donors (Lipinski definition) is 2. The van der Waals surface area contributed by atoms with Crippen LogP contribution >= 0.6 is 0 Å². The van der Waals surface area contributed by atoms with Gasteiger partial charge < -0.3 is 10.8 Å². The molecule has 1 heterocycles. The third-order valence-electron chi connectivity index (χ3n) is 1.75. The summed E-state index contributed by atoms with van der Waals surface area (Å²) in [5.41, 5.74) is 4.95. The molecule has 1 aromatic heterocycles. The van der Waals surface area contributed by atoms with E-state index in [1.54, 1.807) is 0 Å². The predicted molar refractivity (Wildman–Crippen MR) is 47.8 cm³/mol. The molecule has 1 rings (SSSR count). The van der Waals surface area contributed by atoms with Gasteiger partial charge in [-0.25, -0.2) is 14.3 Å². The fourth-order valence-electron chi connectivity index (χ4n) is 1.11. The Morgan fingerprint density at radius 1 is 1.57 bits per heavy atom. The van der Waals surface area contributed by atoms with E-state index in [2.05, 4.69) is 4.98 Å². The van der Waals surface area contributed by atoms with Gasteiger partial charge in [0, 0.05) is 25.2 Å². The third kappa shape index (κ3) is 2.58. The van der Waals surface area contributed by atoms with E-state index in [-0.39, 0.29) is 6.42 Å². The highest BCUT2D eigenvalue weighted by Gasteiger charge is 2.08. The van der Waals surface area contributed by atoms with E-state index in [9.17, 15) is 9.59 Å². The number of nitrogens with two attached hydrogens (primary N) is 1. The van der Waals surface area contributed by atoms with Crippen molar-refractivity contribution in [3.05, 3.63) is 18.2 Å². The molecule has 3 N–H and O–H groups in total. The van der Waals surface area contributed by atoms with Gasteiger partial charge in [-0.05, 0) is 6.42 Å². The highest BCUT2D eigenvalue weighted by Crippen LogP contribution is 2.02. The summed E-state index contributed by atoms with van der Waals surface area (Å²) in [5.74, 6) is 0.0391. The van der Waals surface area contributed by atoms with Crippen molar-refractivity contribution in [1.29, 1.82) is 0 Å². The Kier molecular flexibility index (Phi) is 3.22. The molecule has 0 fully saturated rings. The summed E-state index contributed by atoms with van der Waals surface area (Å²) in [6.07, 6.45) is 2.89. The number of hydrogen-bond acceptors (Lipinski definition) is 3. The first-order valence-corrected chi connectivity index (χ1v) is 4.15. The lowest BCUT2D eigenvalue weighted by atomic mass is 10.2. The molecule has 76 valence electrons. The zero-order chi connectivity index (χ0) is 10.6. The zero-order valence-electron chi connectivity index (χ0n) is 7.51. The second-order valence-electron chi connectivity index (χ2n) is 2.82. The summed E-state index contributed by atoms with van der Waals surface area (Å²) in [5, 5.41) is 8.69. The molecular weight excluding hydrogens is 186 g/mol. The molecule has 0 aliphatic carbocycles. The SMILES string of the molecule is NC(=O)CCCc1nccn1C(=O)O. The molecule has 0 aliphatic rings. The Morgan fingerprint density at radius 2 is 2.29 bits per heavy atom. The highest BCUT2D eigenvalue weighted by molar-refractivity contribution is 5.73. The van der Waals surface area contributed by atoms with Crippen molar-refractivity contribution in [2.75, 3.05) is 0 Å². The van der Waals surface area contributed by atoms with E-state index >= 15 is 0 Å². The minimum atomic E-state index is -1.07. The van der Waals surface area contributed by atoms with Crippen LogP contribution in [0.15, 0.2) is 12.4 Å². The molecule has 1 aromatic rings. The van der Waals surface area contributed by atoms with Crippen LogP contribution in [-0.4, -0.2) is 26.7 Å². The average molecular weight is 197 g/mol. The third-order valence-corrected chi connectivity index (χ3v) is 1.75. The highest BCUT2D eigenvalue weighted by atomic mass is 16.4. The van der Waals surface area contributed by atoms with Crippen molar-refractivity contribution in [3.8, 4) is 0 Å². The van der Waals surface area contributed by atoms with E-state index in [4.69, 9.17) is 10.8 Å². The maximum absolute atomic E-state index is 10.6. The molecule has 0 spiro atoms. The molecule has 0 saturated carbocycles. The first-order valence-electron chi connectivity index (χ1n) is 4.15. The molecule has 6 heteroatoms. The van der Waals surface area contributed by atoms with Gasteiger partial charge in [0.15, 0.2) is 0 Å². The first-order chi connectivity index (χ1) is 6.61. The molecule has 0 atom stereocenters. The molecule has 1 amide bonds. The van der Waals surface area contributed by atoms with Gasteiger partial charge in [0.1, 0.15) is 5.82 Å². The fourth-order valence-corrected chi connectivity index (χ4v) is 1.11. The van der Waals surface area contributed by atoms with Crippen LogP contribution in [-0.2, 0) is 11.2 Å². The van der Waals surface area contributed by atoms with Crippen molar-refractivity contribution in [2.24, 2.45) is 5.73 Å². The lowest BCUT2D eigenvalue weighted by Crippen LogP contribution is -2.13. The predicted octanol–water partition coefficient (Wildman–Crippen LogP) is 0.217. The lowest BCUT2D eigenvalue weighted by Gasteiger charge is -2.00. The number of carboxylic acid groups (broad SMARTS) is 1. The van der Waals surface area contributed by atoms with Crippen LogP contribution in [0.3, 0.4) is 0 Å². The monoisotopic (exact) mass is 197 g/mol. The standard InChI is InChI=1S/C8H11N3O3/c9-6(12)2-1-3-7-10-4-5-11(7)8(13)14/h4-5H,1-3H2,(H2,9,12)(H,13,14). The lowest BCUT2D eigenvalue weighted by molar-refractivity contribution is -0.118. The normalized spacial score (nSPS) is 10.0. The summed E-state index contributed by atoms with van der Waals surface area (Å²) >= 11 is 0. The molecule has 0 saturated heterocycles. The minimum Gasteiger partial charge on any atom is -0.464 e. The van der Waals surface area contributed by atoms with E-state index in [0.29, 0.717) is 18.7 Å². The Balaban J connectivity index is 2.54. The van der Waals surface area contributed by atoms with E-state index in [0.717, 1.165) is 4.57 Å². The van der Waals surface area contributed by atoms with Gasteiger partial charge in [0.05, 0.1) is 0 Å². The van der Waals surface area contributed by atoms with Gasteiger partial charge in [-0.3, -0.25) is 4.79 Å². The quantitative estimate of drug-likeness (QED) is 0.721. The molecule has 0 bridgehead atoms. The van der Waals surface area contributed by atoms with Gasteiger partial charge in [-0.15, -0.1) is 0 Å². The average Bonchev–Trinajstić information content (AvgIpc) is 2.51. The number of amides is 1. The fraction of sp³-hybridized carbons (Fsp3) is 0.375. The van der Waals surface area contributed by atoms with Crippen LogP contribution in [0, 0.1) is 0 Å². The first kappa shape index (κ1) is 10.2. The van der Waals surface area contributed by atoms with Crippen LogP contribution in [0.1, 0.15) is 18.7 Å². The molecule has 0 aliphatic heterocycles. The molecule has 0 radical (unpaired) electrons. The van der Waals surface area contributed by atoms with Crippen LogP contribution in [0.2, 0.25) is 0 Å². The smallest absolute Gasteiger partial charge is 0.416 e. The van der Waals surface area contributed by atoms with E-state index in [1.165, 1.54) is 12.4 Å². The van der Waals surface area contributed by atoms with Crippen LogP contribution < -0.4 is 5.73 Å². The molecular formula is C8H11N3O3. The number of carbonyl (C=O) groups is 2. The van der Waals surface area contributed by atoms with Gasteiger partial charge in [-0.2, -0.15) is 0 Å². The van der Waals surface area contributed by atoms with Gasteiger partial charge >= 0.3 is 6.09 Å². The topological polar surface area (TPSA) is 98.2 Å².